The molecule has 2 nitrogen and oxygen atoms in total. The summed E-state index contributed by atoms with van der Waals surface area (Å²) >= 11 is 0. The smallest absolute Gasteiger partial charge is 0.195 e. The number of halogens is 2. The molecule has 0 spiro atoms. The third-order valence-electron chi connectivity index (χ3n) is 3.06. The van der Waals surface area contributed by atoms with Gasteiger partial charge in [-0.3, -0.25) is 4.79 Å². The summed E-state index contributed by atoms with van der Waals surface area (Å²) in [6.45, 7) is 2.69. The van der Waals surface area contributed by atoms with Crippen molar-refractivity contribution in [2.24, 2.45) is 0 Å². The fraction of sp³-hybridized carbons (Fsp3) is 0.235. The van der Waals surface area contributed by atoms with Gasteiger partial charge in [0, 0.05) is 11.6 Å². The van der Waals surface area contributed by atoms with Crippen molar-refractivity contribution in [3.05, 3.63) is 65.2 Å². The molecule has 0 aliphatic heterocycles. The summed E-state index contributed by atoms with van der Waals surface area (Å²) in [6.07, 6.45) is 2.00. The second kappa shape index (κ2) is 6.97. The fourth-order valence-electron chi connectivity index (χ4n) is 1.87. The van der Waals surface area contributed by atoms with E-state index >= 15 is 0 Å². The Morgan fingerprint density at radius 3 is 2.43 bits per heavy atom. The lowest BCUT2D eigenvalue weighted by atomic mass is 10.0. The molecule has 0 aliphatic rings. The van der Waals surface area contributed by atoms with E-state index < -0.39 is 17.4 Å². The van der Waals surface area contributed by atoms with Crippen LogP contribution in [0, 0.1) is 11.6 Å². The molecule has 0 fully saturated rings. The van der Waals surface area contributed by atoms with E-state index in [2.05, 4.69) is 6.92 Å². The van der Waals surface area contributed by atoms with Crippen LogP contribution in [0.5, 0.6) is 5.75 Å². The third-order valence-corrected chi connectivity index (χ3v) is 3.06. The highest BCUT2D eigenvalue weighted by molar-refractivity contribution is 6.09. The van der Waals surface area contributed by atoms with E-state index in [4.69, 9.17) is 4.74 Å². The van der Waals surface area contributed by atoms with E-state index in [-0.39, 0.29) is 5.56 Å². The highest BCUT2D eigenvalue weighted by atomic mass is 19.1. The lowest BCUT2D eigenvalue weighted by molar-refractivity contribution is 0.103. The molecule has 0 saturated heterocycles. The molecule has 0 saturated carbocycles. The van der Waals surface area contributed by atoms with Crippen molar-refractivity contribution in [2.75, 3.05) is 6.61 Å². The topological polar surface area (TPSA) is 26.3 Å². The van der Waals surface area contributed by atoms with E-state index in [9.17, 15) is 13.6 Å². The van der Waals surface area contributed by atoms with Gasteiger partial charge in [0.05, 0.1) is 12.2 Å². The molecule has 2 aromatic carbocycles. The summed E-state index contributed by atoms with van der Waals surface area (Å²) in [6, 6.07) is 9.42. The Hall–Kier alpha value is -2.23. The molecule has 0 unspecified atom stereocenters. The lowest BCUT2D eigenvalue weighted by Gasteiger charge is -2.07. The Morgan fingerprint density at radius 1 is 1.10 bits per heavy atom. The van der Waals surface area contributed by atoms with Crippen LogP contribution in [0.2, 0.25) is 0 Å². The quantitative estimate of drug-likeness (QED) is 0.583. The highest BCUT2D eigenvalue weighted by Gasteiger charge is 2.14. The first-order chi connectivity index (χ1) is 10.1. The largest absolute Gasteiger partial charge is 0.494 e. The number of carbonyl (C=O) groups is 1. The predicted molar refractivity (Wildman–Crippen MR) is 76.6 cm³/mol. The van der Waals surface area contributed by atoms with Gasteiger partial charge in [-0.25, -0.2) is 8.78 Å². The summed E-state index contributed by atoms with van der Waals surface area (Å²) in [5, 5.41) is 0. The standard InChI is InChI=1S/C17H16F2O2/c1-2-3-10-21-14-7-4-12(5-8-14)17(20)15-9-6-13(18)11-16(15)19/h4-9,11H,2-3,10H2,1H3. The van der Waals surface area contributed by atoms with Crippen molar-refractivity contribution in [1.29, 1.82) is 0 Å². The molecule has 21 heavy (non-hydrogen) atoms. The SMILES string of the molecule is CCCCOc1ccc(C(=O)c2ccc(F)cc2F)cc1. The van der Waals surface area contributed by atoms with Crippen LogP contribution >= 0.6 is 0 Å². The van der Waals surface area contributed by atoms with Crippen molar-refractivity contribution in [3.63, 3.8) is 0 Å². The number of hydrogen-bond acceptors (Lipinski definition) is 2. The number of carbonyl (C=O) groups excluding carboxylic acids is 1. The molecule has 110 valence electrons. The number of unbranched alkanes of at least 4 members (excludes halogenated alkanes) is 1. The minimum atomic E-state index is -0.858. The third kappa shape index (κ3) is 3.88. The van der Waals surface area contributed by atoms with Crippen LogP contribution in [0.15, 0.2) is 42.5 Å². The monoisotopic (exact) mass is 290 g/mol. The van der Waals surface area contributed by atoms with E-state index in [0.717, 1.165) is 25.0 Å². The maximum atomic E-state index is 13.6. The molecule has 0 aliphatic carbocycles. The van der Waals surface area contributed by atoms with Crippen molar-refractivity contribution in [2.45, 2.75) is 19.8 Å². The Morgan fingerprint density at radius 2 is 1.81 bits per heavy atom. The fourth-order valence-corrected chi connectivity index (χ4v) is 1.87. The van der Waals surface area contributed by atoms with Crippen LogP contribution in [-0.4, -0.2) is 12.4 Å². The molecule has 0 aromatic heterocycles. The maximum Gasteiger partial charge on any atom is 0.195 e. The van der Waals surface area contributed by atoms with Crippen molar-refractivity contribution >= 4 is 5.78 Å². The van der Waals surface area contributed by atoms with Crippen LogP contribution < -0.4 is 4.74 Å². The van der Waals surface area contributed by atoms with Gasteiger partial charge in [0.1, 0.15) is 17.4 Å². The molecule has 0 amide bonds. The summed E-state index contributed by atoms with van der Waals surface area (Å²) in [4.78, 5) is 12.1. The minimum absolute atomic E-state index is 0.143. The van der Waals surface area contributed by atoms with E-state index in [1.165, 1.54) is 0 Å². The second-order valence-electron chi connectivity index (χ2n) is 4.68. The van der Waals surface area contributed by atoms with Crippen molar-refractivity contribution in [1.82, 2.24) is 0 Å². The lowest BCUT2D eigenvalue weighted by Crippen LogP contribution is -2.05. The molecular weight excluding hydrogens is 274 g/mol. The number of ether oxygens (including phenoxy) is 1. The highest BCUT2D eigenvalue weighted by Crippen LogP contribution is 2.18. The van der Waals surface area contributed by atoms with Gasteiger partial charge in [0.2, 0.25) is 0 Å². The Bertz CT molecular complexity index is 621. The summed E-state index contributed by atoms with van der Waals surface area (Å²) in [7, 11) is 0. The molecule has 0 radical (unpaired) electrons. The van der Waals surface area contributed by atoms with Gasteiger partial charge in [-0.1, -0.05) is 13.3 Å². The van der Waals surface area contributed by atoms with Gasteiger partial charge in [-0.05, 0) is 42.8 Å². The number of benzene rings is 2. The molecule has 0 bridgehead atoms. The zero-order valence-electron chi connectivity index (χ0n) is 11.7. The minimum Gasteiger partial charge on any atom is -0.494 e. The Kier molecular flexibility index (Phi) is 5.04. The van der Waals surface area contributed by atoms with Gasteiger partial charge >= 0.3 is 0 Å². The summed E-state index contributed by atoms with van der Waals surface area (Å²) in [5.74, 6) is -1.38. The number of hydrogen-bond donors (Lipinski definition) is 0. The maximum absolute atomic E-state index is 13.6. The van der Waals surface area contributed by atoms with E-state index in [0.29, 0.717) is 24.0 Å². The molecule has 0 heterocycles. The first kappa shape index (κ1) is 15.2. The van der Waals surface area contributed by atoms with Crippen LogP contribution in [0.1, 0.15) is 35.7 Å². The molecule has 2 aromatic rings. The molecule has 0 N–H and O–H groups in total. The van der Waals surface area contributed by atoms with Crippen LogP contribution in [-0.2, 0) is 0 Å². The number of ketones is 1. The number of rotatable bonds is 6. The van der Waals surface area contributed by atoms with E-state index in [1.807, 2.05) is 0 Å². The Labute approximate surface area is 122 Å². The van der Waals surface area contributed by atoms with Crippen LogP contribution in [0.3, 0.4) is 0 Å². The van der Waals surface area contributed by atoms with Gasteiger partial charge in [-0.15, -0.1) is 0 Å². The van der Waals surface area contributed by atoms with Gasteiger partial charge in [-0.2, -0.15) is 0 Å². The Balaban J connectivity index is 2.12. The zero-order chi connectivity index (χ0) is 15.2. The van der Waals surface area contributed by atoms with Gasteiger partial charge < -0.3 is 4.74 Å². The van der Waals surface area contributed by atoms with Crippen LogP contribution in [0.25, 0.3) is 0 Å². The summed E-state index contributed by atoms with van der Waals surface area (Å²) < 4.78 is 31.9. The second-order valence-corrected chi connectivity index (χ2v) is 4.68. The molecular formula is C17H16F2O2. The average molecular weight is 290 g/mol. The van der Waals surface area contributed by atoms with E-state index in [1.54, 1.807) is 24.3 Å². The first-order valence-corrected chi connectivity index (χ1v) is 6.84. The van der Waals surface area contributed by atoms with Crippen molar-refractivity contribution < 1.29 is 18.3 Å². The molecule has 0 atom stereocenters. The average Bonchev–Trinajstić information content (AvgIpc) is 2.48. The molecule has 2 rings (SSSR count). The van der Waals surface area contributed by atoms with Crippen molar-refractivity contribution in [3.8, 4) is 5.75 Å². The zero-order valence-corrected chi connectivity index (χ0v) is 11.7. The summed E-state index contributed by atoms with van der Waals surface area (Å²) in [5.41, 5.74) is 0.194. The van der Waals surface area contributed by atoms with Gasteiger partial charge in [0.25, 0.3) is 0 Å². The normalized spacial score (nSPS) is 10.4. The van der Waals surface area contributed by atoms with Gasteiger partial charge in [0.15, 0.2) is 5.78 Å². The van der Waals surface area contributed by atoms with Crippen LogP contribution in [0.4, 0.5) is 8.78 Å². The first-order valence-electron chi connectivity index (χ1n) is 6.84. The predicted octanol–water partition coefficient (Wildman–Crippen LogP) is 4.37. The molecule has 4 heteroatoms.